The summed E-state index contributed by atoms with van der Waals surface area (Å²) >= 11 is 0. The number of rotatable bonds is 9. The zero-order chi connectivity index (χ0) is 24.8. The Kier molecular flexibility index (Phi) is 8.76. The number of halogens is 1. The molecule has 2 aromatic rings. The molecule has 0 amide bonds. The molecule has 0 spiro atoms. The van der Waals surface area contributed by atoms with Gasteiger partial charge in [-0.2, -0.15) is 0 Å². The molecule has 0 atom stereocenters. The quantitative estimate of drug-likeness (QED) is 0.420. The van der Waals surface area contributed by atoms with Gasteiger partial charge in [-0.25, -0.2) is 22.3 Å². The lowest BCUT2D eigenvalue weighted by molar-refractivity contribution is -0.138. The van der Waals surface area contributed by atoms with Crippen molar-refractivity contribution < 1.29 is 32.2 Å². The second-order valence-corrected chi connectivity index (χ2v) is 9.96. The van der Waals surface area contributed by atoms with Crippen LogP contribution in [0, 0.1) is 5.82 Å². The van der Waals surface area contributed by atoms with Crippen LogP contribution in [-0.4, -0.2) is 45.4 Å². The number of hydrogen-bond donors (Lipinski definition) is 2. The van der Waals surface area contributed by atoms with Gasteiger partial charge >= 0.3 is 5.97 Å². The molecule has 0 saturated heterocycles. The molecule has 0 aliphatic heterocycles. The monoisotopic (exact) mass is 479 g/mol. The van der Waals surface area contributed by atoms with Crippen LogP contribution < -0.4 is 9.46 Å². The summed E-state index contributed by atoms with van der Waals surface area (Å²) in [7, 11) is -2.43. The minimum atomic E-state index is -3.77. The Hall–Kier alpha value is -2.75. The molecule has 7 nitrogen and oxygen atoms in total. The number of sulfonamides is 1. The van der Waals surface area contributed by atoms with E-state index in [-0.39, 0.29) is 35.9 Å². The van der Waals surface area contributed by atoms with Gasteiger partial charge in [0.15, 0.2) is 11.6 Å². The molecule has 0 saturated carbocycles. The van der Waals surface area contributed by atoms with Gasteiger partial charge in [0.2, 0.25) is 10.0 Å². The van der Waals surface area contributed by atoms with Gasteiger partial charge in [0, 0.05) is 24.1 Å². The Morgan fingerprint density at radius 3 is 2.18 bits per heavy atom. The van der Waals surface area contributed by atoms with Crippen molar-refractivity contribution in [3.05, 3.63) is 65.0 Å². The van der Waals surface area contributed by atoms with Crippen molar-refractivity contribution in [3.8, 4) is 5.75 Å². The summed E-state index contributed by atoms with van der Waals surface area (Å²) in [6.07, 6.45) is -0.0343. The molecule has 2 N–H and O–H groups in total. The van der Waals surface area contributed by atoms with Crippen molar-refractivity contribution in [1.29, 1.82) is 0 Å². The number of ether oxygens (including phenoxy) is 2. The van der Waals surface area contributed by atoms with E-state index in [1.54, 1.807) is 33.8 Å². The predicted molar refractivity (Wildman–Crippen MR) is 124 cm³/mol. The van der Waals surface area contributed by atoms with Gasteiger partial charge in [0.25, 0.3) is 0 Å². The van der Waals surface area contributed by atoms with Crippen LogP contribution in [0.3, 0.4) is 0 Å². The third-order valence-electron chi connectivity index (χ3n) is 4.52. The fourth-order valence-corrected chi connectivity index (χ4v) is 4.68. The van der Waals surface area contributed by atoms with Gasteiger partial charge < -0.3 is 14.6 Å². The average Bonchev–Trinajstić information content (AvgIpc) is 2.72. The topological polar surface area (TPSA) is 102 Å². The van der Waals surface area contributed by atoms with Gasteiger partial charge in [-0.15, -0.1) is 0 Å². The summed E-state index contributed by atoms with van der Waals surface area (Å²) in [5, 5.41) is 9.57. The van der Waals surface area contributed by atoms with Gasteiger partial charge in [0.1, 0.15) is 0 Å². The van der Waals surface area contributed by atoms with E-state index in [4.69, 9.17) is 9.47 Å². The molecule has 2 rings (SSSR count). The van der Waals surface area contributed by atoms with Crippen molar-refractivity contribution in [3.63, 3.8) is 0 Å². The molecule has 2 aromatic carbocycles. The molecule has 180 valence electrons. The Labute approximate surface area is 194 Å². The number of benzene rings is 2. The summed E-state index contributed by atoms with van der Waals surface area (Å²) in [6.45, 7) is 6.64. The minimum Gasteiger partial charge on any atom is -0.494 e. The van der Waals surface area contributed by atoms with E-state index in [1.807, 2.05) is 0 Å². The molecule has 0 unspecified atom stereocenters. The molecular formula is C24H30FNO6S. The highest BCUT2D eigenvalue weighted by Gasteiger charge is 2.24. The number of aliphatic hydroxyl groups is 1. The highest BCUT2D eigenvalue weighted by atomic mass is 32.2. The van der Waals surface area contributed by atoms with Crippen LogP contribution in [0.1, 0.15) is 45.2 Å². The lowest BCUT2D eigenvalue weighted by Crippen LogP contribution is -2.40. The molecule has 33 heavy (non-hydrogen) atoms. The first-order chi connectivity index (χ1) is 15.4. The normalized spacial score (nSPS) is 12.8. The molecule has 0 fully saturated rings. The van der Waals surface area contributed by atoms with Crippen LogP contribution in [0.15, 0.2) is 52.9 Å². The van der Waals surface area contributed by atoms with Crippen molar-refractivity contribution >= 4 is 21.6 Å². The highest BCUT2D eigenvalue weighted by molar-refractivity contribution is 7.89. The van der Waals surface area contributed by atoms with Crippen LogP contribution in [0.5, 0.6) is 5.75 Å². The Bertz CT molecular complexity index is 1120. The average molecular weight is 480 g/mol. The lowest BCUT2D eigenvalue weighted by Gasteiger charge is -2.21. The van der Waals surface area contributed by atoms with Crippen molar-refractivity contribution in [2.24, 2.45) is 0 Å². The van der Waals surface area contributed by atoms with E-state index in [0.29, 0.717) is 16.7 Å². The van der Waals surface area contributed by atoms with Crippen LogP contribution in [0.2, 0.25) is 0 Å². The number of carbonyl (C=O) groups is 1. The summed E-state index contributed by atoms with van der Waals surface area (Å²) in [6, 6.07) is 10.1. The predicted octanol–water partition coefficient (Wildman–Crippen LogP) is 3.66. The number of hydrogen-bond acceptors (Lipinski definition) is 6. The third kappa shape index (κ3) is 6.86. The van der Waals surface area contributed by atoms with E-state index < -0.39 is 27.3 Å². The fourth-order valence-electron chi connectivity index (χ4n) is 3.26. The summed E-state index contributed by atoms with van der Waals surface area (Å²) in [4.78, 5) is 12.7. The zero-order valence-electron chi connectivity index (χ0n) is 19.4. The van der Waals surface area contributed by atoms with Gasteiger partial charge in [-0.3, -0.25) is 0 Å². The standard InChI is InChI=1S/C24H30FNO6S/c1-6-32-23(28)19(13-14-27)22(17-9-12-21(31-5)20(25)15-17)16-7-10-18(11-8-16)33(29,30)26-24(2,3)4/h7-12,15,26-27H,6,13-14H2,1-5H3/b22-19-. The second-order valence-electron chi connectivity index (χ2n) is 8.28. The first-order valence-corrected chi connectivity index (χ1v) is 11.9. The lowest BCUT2D eigenvalue weighted by atomic mass is 9.91. The number of methoxy groups -OCH3 is 1. The van der Waals surface area contributed by atoms with Crippen LogP contribution in [0.4, 0.5) is 4.39 Å². The first kappa shape index (κ1) is 26.5. The van der Waals surface area contributed by atoms with Crippen molar-refractivity contribution in [2.45, 2.75) is 44.6 Å². The molecule has 0 aliphatic carbocycles. The van der Waals surface area contributed by atoms with Crippen molar-refractivity contribution in [1.82, 2.24) is 4.72 Å². The number of esters is 1. The first-order valence-electron chi connectivity index (χ1n) is 10.4. The van der Waals surface area contributed by atoms with E-state index in [2.05, 4.69) is 4.72 Å². The molecule has 0 aromatic heterocycles. The van der Waals surface area contributed by atoms with Gasteiger partial charge in [-0.1, -0.05) is 18.2 Å². The Morgan fingerprint density at radius 1 is 1.09 bits per heavy atom. The molecule has 0 aliphatic rings. The Morgan fingerprint density at radius 2 is 1.70 bits per heavy atom. The maximum atomic E-state index is 14.5. The molecular weight excluding hydrogens is 449 g/mol. The summed E-state index contributed by atoms with van der Waals surface area (Å²) in [5.41, 5.74) is 0.629. The second kappa shape index (κ2) is 10.9. The maximum absolute atomic E-state index is 14.5. The number of aliphatic hydroxyl groups excluding tert-OH is 1. The fraction of sp³-hybridized carbons (Fsp3) is 0.375. The van der Waals surface area contributed by atoms with Crippen molar-refractivity contribution in [2.75, 3.05) is 20.3 Å². The largest absolute Gasteiger partial charge is 0.494 e. The molecule has 0 heterocycles. The summed E-state index contributed by atoms with van der Waals surface area (Å²) in [5.74, 6) is -1.25. The van der Waals surface area contributed by atoms with Gasteiger partial charge in [-0.05, 0) is 68.7 Å². The van der Waals surface area contributed by atoms with E-state index in [0.717, 1.165) is 0 Å². The van der Waals surface area contributed by atoms with Crippen LogP contribution in [-0.2, 0) is 19.6 Å². The smallest absolute Gasteiger partial charge is 0.334 e. The van der Waals surface area contributed by atoms with E-state index >= 15 is 0 Å². The maximum Gasteiger partial charge on any atom is 0.334 e. The number of nitrogens with one attached hydrogen (secondary N) is 1. The SMILES string of the molecule is CCOC(=O)/C(CCO)=C(/c1ccc(S(=O)(=O)NC(C)(C)C)cc1)c1ccc(OC)c(F)c1. The Balaban J connectivity index is 2.69. The van der Waals surface area contributed by atoms with Crippen LogP contribution >= 0.6 is 0 Å². The number of carbonyl (C=O) groups excluding carboxylic acids is 1. The van der Waals surface area contributed by atoms with Crippen LogP contribution in [0.25, 0.3) is 5.57 Å². The molecule has 0 bridgehead atoms. The highest BCUT2D eigenvalue weighted by Crippen LogP contribution is 2.32. The minimum absolute atomic E-state index is 0.0343. The van der Waals surface area contributed by atoms with E-state index in [1.165, 1.54) is 43.5 Å². The zero-order valence-corrected chi connectivity index (χ0v) is 20.3. The third-order valence-corrected chi connectivity index (χ3v) is 6.29. The summed E-state index contributed by atoms with van der Waals surface area (Å²) < 4.78 is 52.5. The molecule has 0 radical (unpaired) electrons. The van der Waals surface area contributed by atoms with Gasteiger partial charge in [0.05, 0.1) is 18.6 Å². The molecule has 9 heteroatoms. The van der Waals surface area contributed by atoms with E-state index in [9.17, 15) is 22.7 Å².